The average molecular weight is 476 g/mol. The molecule has 0 saturated heterocycles. The molecule has 0 aromatic heterocycles. The Hall–Kier alpha value is -1.67. The van der Waals surface area contributed by atoms with E-state index < -0.39 is 0 Å². The summed E-state index contributed by atoms with van der Waals surface area (Å²) in [6.45, 7) is 3.73. The number of aromatic hydroxyl groups is 1. The molecule has 0 aliphatic heterocycles. The Bertz CT molecular complexity index is 693. The Kier molecular flexibility index (Phi) is 9.44. The van der Waals surface area contributed by atoms with E-state index >= 15 is 0 Å². The second-order valence-electron chi connectivity index (χ2n) is 5.17. The minimum Gasteiger partial charge on any atom is -0.508 e. The highest BCUT2D eigenvalue weighted by atomic mass is 127. The third kappa shape index (κ3) is 6.99. The van der Waals surface area contributed by atoms with Gasteiger partial charge in [0.05, 0.1) is 13.7 Å². The number of nitrogens with one attached hydrogen (secondary N) is 2. The largest absolute Gasteiger partial charge is 0.508 e. The van der Waals surface area contributed by atoms with Gasteiger partial charge in [0.15, 0.2) is 5.96 Å². The Morgan fingerprint density at radius 2 is 1.88 bits per heavy atom. The number of halogens is 2. The van der Waals surface area contributed by atoms with Gasteiger partial charge in [0, 0.05) is 23.7 Å². The van der Waals surface area contributed by atoms with Gasteiger partial charge in [-0.1, -0.05) is 23.7 Å². The molecular formula is C18H23ClIN3O2. The molecule has 25 heavy (non-hydrogen) atoms. The summed E-state index contributed by atoms with van der Waals surface area (Å²) in [5.41, 5.74) is 1.81. The van der Waals surface area contributed by atoms with Gasteiger partial charge in [-0.05, 0) is 42.8 Å². The maximum absolute atomic E-state index is 9.94. The van der Waals surface area contributed by atoms with E-state index in [1.54, 1.807) is 25.3 Å². The van der Waals surface area contributed by atoms with Gasteiger partial charge in [-0.25, -0.2) is 4.99 Å². The standard InChI is InChI=1S/C18H22ClN3O2.HI/c1-3-20-18(21-11-13-4-6-15(19)7-5-13)22-12-14-10-16(24-2)8-9-17(14)23;/h4-10,23H,3,11-12H2,1-2H3,(H2,20,21,22);1H. The number of ether oxygens (including phenoxy) is 1. The smallest absolute Gasteiger partial charge is 0.191 e. The summed E-state index contributed by atoms with van der Waals surface area (Å²) in [7, 11) is 1.60. The minimum absolute atomic E-state index is 0. The van der Waals surface area contributed by atoms with Crippen molar-refractivity contribution in [1.29, 1.82) is 0 Å². The van der Waals surface area contributed by atoms with E-state index in [0.29, 0.717) is 29.8 Å². The predicted octanol–water partition coefficient (Wildman–Crippen LogP) is 3.93. The topological polar surface area (TPSA) is 65.9 Å². The van der Waals surface area contributed by atoms with Gasteiger partial charge in [-0.15, -0.1) is 24.0 Å². The fourth-order valence-corrected chi connectivity index (χ4v) is 2.24. The number of hydrogen-bond acceptors (Lipinski definition) is 3. The highest BCUT2D eigenvalue weighted by molar-refractivity contribution is 14.0. The molecule has 0 unspecified atom stereocenters. The number of rotatable bonds is 6. The van der Waals surface area contributed by atoms with Crippen molar-refractivity contribution in [2.24, 2.45) is 4.99 Å². The normalized spacial score (nSPS) is 10.8. The van der Waals surface area contributed by atoms with Crippen molar-refractivity contribution < 1.29 is 9.84 Å². The first-order valence-corrected chi connectivity index (χ1v) is 8.12. The van der Waals surface area contributed by atoms with Gasteiger partial charge < -0.3 is 20.5 Å². The van der Waals surface area contributed by atoms with E-state index in [-0.39, 0.29) is 29.7 Å². The van der Waals surface area contributed by atoms with Crippen LogP contribution in [0, 0.1) is 0 Å². The molecule has 7 heteroatoms. The van der Waals surface area contributed by atoms with E-state index in [4.69, 9.17) is 16.3 Å². The summed E-state index contributed by atoms with van der Waals surface area (Å²) in [5.74, 6) is 1.60. The van der Waals surface area contributed by atoms with Gasteiger partial charge in [0.1, 0.15) is 11.5 Å². The van der Waals surface area contributed by atoms with Gasteiger partial charge >= 0.3 is 0 Å². The molecule has 0 aliphatic carbocycles. The SMILES string of the molecule is CCNC(=NCc1ccc(Cl)cc1)NCc1cc(OC)ccc1O.I. The number of methoxy groups -OCH3 is 1. The average Bonchev–Trinajstić information content (AvgIpc) is 2.60. The lowest BCUT2D eigenvalue weighted by Gasteiger charge is -2.13. The van der Waals surface area contributed by atoms with Crippen molar-refractivity contribution in [1.82, 2.24) is 10.6 Å². The van der Waals surface area contributed by atoms with Gasteiger partial charge in [-0.2, -0.15) is 0 Å². The number of phenolic OH excluding ortho intramolecular Hbond substituents is 1. The fraction of sp³-hybridized carbons (Fsp3) is 0.278. The number of aliphatic imine (C=N–C) groups is 1. The molecule has 0 atom stereocenters. The van der Waals surface area contributed by atoms with E-state index in [0.717, 1.165) is 17.7 Å². The third-order valence-corrected chi connectivity index (χ3v) is 3.66. The van der Waals surface area contributed by atoms with Crippen LogP contribution in [0.3, 0.4) is 0 Å². The van der Waals surface area contributed by atoms with E-state index in [1.807, 2.05) is 31.2 Å². The lowest BCUT2D eigenvalue weighted by Crippen LogP contribution is -2.36. The zero-order chi connectivity index (χ0) is 17.4. The summed E-state index contributed by atoms with van der Waals surface area (Å²) >= 11 is 5.89. The molecule has 2 rings (SSSR count). The second-order valence-corrected chi connectivity index (χ2v) is 5.61. The lowest BCUT2D eigenvalue weighted by atomic mass is 10.2. The van der Waals surface area contributed by atoms with Crippen molar-refractivity contribution in [3.63, 3.8) is 0 Å². The van der Waals surface area contributed by atoms with Gasteiger partial charge in [0.2, 0.25) is 0 Å². The summed E-state index contributed by atoms with van der Waals surface area (Å²) in [6, 6.07) is 12.7. The first-order chi connectivity index (χ1) is 11.6. The van der Waals surface area contributed by atoms with Gasteiger partial charge in [-0.3, -0.25) is 0 Å². The molecule has 0 saturated carbocycles. The van der Waals surface area contributed by atoms with E-state index in [1.165, 1.54) is 0 Å². The summed E-state index contributed by atoms with van der Waals surface area (Å²) in [4.78, 5) is 4.54. The van der Waals surface area contributed by atoms with Crippen LogP contribution < -0.4 is 15.4 Å². The zero-order valence-corrected chi connectivity index (χ0v) is 17.3. The molecule has 136 valence electrons. The molecule has 2 aromatic carbocycles. The fourth-order valence-electron chi connectivity index (χ4n) is 2.11. The first kappa shape index (κ1) is 21.4. The highest BCUT2D eigenvalue weighted by Gasteiger charge is 2.05. The number of guanidine groups is 1. The van der Waals surface area contributed by atoms with Crippen LogP contribution >= 0.6 is 35.6 Å². The van der Waals surface area contributed by atoms with Crippen molar-refractivity contribution >= 4 is 41.5 Å². The molecule has 2 aromatic rings. The Balaban J connectivity index is 0.00000312. The highest BCUT2D eigenvalue weighted by Crippen LogP contribution is 2.22. The number of phenols is 1. The second kappa shape index (κ2) is 11.0. The summed E-state index contributed by atoms with van der Waals surface area (Å²) in [5, 5.41) is 17.0. The molecule has 3 N–H and O–H groups in total. The first-order valence-electron chi connectivity index (χ1n) is 7.75. The molecule has 0 spiro atoms. The van der Waals surface area contributed by atoms with Gasteiger partial charge in [0.25, 0.3) is 0 Å². The van der Waals surface area contributed by atoms with Crippen LogP contribution in [0.2, 0.25) is 5.02 Å². The van der Waals surface area contributed by atoms with Crippen LogP contribution in [-0.2, 0) is 13.1 Å². The van der Waals surface area contributed by atoms with Crippen LogP contribution in [-0.4, -0.2) is 24.7 Å². The number of nitrogens with zero attached hydrogens (tertiary/aromatic N) is 1. The van der Waals surface area contributed by atoms with Crippen molar-refractivity contribution in [3.8, 4) is 11.5 Å². The van der Waals surface area contributed by atoms with Crippen LogP contribution in [0.5, 0.6) is 11.5 Å². The Morgan fingerprint density at radius 1 is 1.16 bits per heavy atom. The minimum atomic E-state index is 0. The summed E-state index contributed by atoms with van der Waals surface area (Å²) < 4.78 is 5.18. The third-order valence-electron chi connectivity index (χ3n) is 3.41. The molecule has 0 bridgehead atoms. The maximum atomic E-state index is 9.94. The molecular weight excluding hydrogens is 453 g/mol. The van der Waals surface area contributed by atoms with Crippen LogP contribution in [0.25, 0.3) is 0 Å². The van der Waals surface area contributed by atoms with Crippen molar-refractivity contribution in [2.75, 3.05) is 13.7 Å². The Labute approximate surface area is 170 Å². The number of hydrogen-bond donors (Lipinski definition) is 3. The molecule has 0 heterocycles. The summed E-state index contributed by atoms with van der Waals surface area (Å²) in [6.07, 6.45) is 0. The molecule has 0 fully saturated rings. The lowest BCUT2D eigenvalue weighted by molar-refractivity contribution is 0.410. The van der Waals surface area contributed by atoms with Crippen LogP contribution in [0.4, 0.5) is 0 Å². The van der Waals surface area contributed by atoms with Crippen molar-refractivity contribution in [2.45, 2.75) is 20.0 Å². The molecule has 0 radical (unpaired) electrons. The molecule has 0 amide bonds. The van der Waals surface area contributed by atoms with Crippen LogP contribution in [0.1, 0.15) is 18.1 Å². The predicted molar refractivity (Wildman–Crippen MR) is 113 cm³/mol. The number of benzene rings is 2. The monoisotopic (exact) mass is 475 g/mol. The quantitative estimate of drug-likeness (QED) is 0.336. The van der Waals surface area contributed by atoms with Crippen molar-refractivity contribution in [3.05, 3.63) is 58.6 Å². The molecule has 5 nitrogen and oxygen atoms in total. The van der Waals surface area contributed by atoms with Crippen LogP contribution in [0.15, 0.2) is 47.5 Å². The Morgan fingerprint density at radius 3 is 2.52 bits per heavy atom. The zero-order valence-electron chi connectivity index (χ0n) is 14.3. The molecule has 0 aliphatic rings. The van der Waals surface area contributed by atoms with E-state index in [9.17, 15) is 5.11 Å². The maximum Gasteiger partial charge on any atom is 0.191 e. The van der Waals surface area contributed by atoms with E-state index in [2.05, 4.69) is 15.6 Å².